The Morgan fingerprint density at radius 2 is 1.73 bits per heavy atom. The Bertz CT molecular complexity index is 1420. The lowest BCUT2D eigenvalue weighted by Crippen LogP contribution is -2.54. The number of hydrogen-bond donors (Lipinski definition) is 1. The minimum Gasteiger partial charge on any atom is -0.445 e. The maximum absolute atomic E-state index is 14.2. The van der Waals surface area contributed by atoms with Crippen LogP contribution in [0.1, 0.15) is 32.4 Å². The average molecular weight is 586 g/mol. The van der Waals surface area contributed by atoms with Crippen LogP contribution in [0.5, 0.6) is 0 Å². The summed E-state index contributed by atoms with van der Waals surface area (Å²) in [4.78, 5) is 31.3. The van der Waals surface area contributed by atoms with Gasteiger partial charge in [0.25, 0.3) is 5.91 Å². The maximum Gasteiger partial charge on any atom is 0.433 e. The third kappa shape index (κ3) is 5.23. The van der Waals surface area contributed by atoms with Crippen LogP contribution in [0.25, 0.3) is 0 Å². The Hall–Kier alpha value is -3.69. The van der Waals surface area contributed by atoms with Gasteiger partial charge in [-0.3, -0.25) is 4.79 Å². The van der Waals surface area contributed by atoms with Gasteiger partial charge in [-0.15, -0.1) is 0 Å². The number of allylic oxidation sites excluding steroid dienone is 2. The summed E-state index contributed by atoms with van der Waals surface area (Å²) in [6, 6.07) is 10.8. The molecular weight excluding hydrogens is 556 g/mol. The molecule has 5 rings (SSSR count). The summed E-state index contributed by atoms with van der Waals surface area (Å²) in [7, 11) is 0. The van der Waals surface area contributed by atoms with E-state index in [4.69, 9.17) is 27.9 Å². The molecule has 0 aliphatic carbocycles. The van der Waals surface area contributed by atoms with E-state index in [9.17, 15) is 14.0 Å². The number of fused-ring (bicyclic) bond motifs is 1. The lowest BCUT2D eigenvalue weighted by molar-refractivity contribution is -0.129. The standard InChI is InChI=1S/C29H30Cl2FN5O3/c1-17(2)40-29(39)36-18(3)15-25-33-19(4)26(27(37(25)36)20-5-10-23(30)24(31)16-20)28(38)35-13-11-34(12-14-35)22-8-6-21(32)7-9-22/h5-10,15-17,27,33H,3,11-14H2,1-2,4H3. The Kier molecular flexibility index (Phi) is 7.70. The fraction of sp³-hybridized carbons (Fsp3) is 0.310. The third-order valence-electron chi connectivity index (χ3n) is 7.03. The molecule has 0 aromatic heterocycles. The SMILES string of the molecule is C=C1C=C2NC(C)=C(C(=O)N3CCN(c4ccc(F)cc4)CC3)C(c3ccc(Cl)c(Cl)c3)N2N1C(=O)OC(C)C. The number of carbonyl (C=O) groups excluding carboxylic acids is 2. The van der Waals surface area contributed by atoms with E-state index < -0.39 is 12.1 Å². The first-order valence-corrected chi connectivity index (χ1v) is 13.7. The highest BCUT2D eigenvalue weighted by molar-refractivity contribution is 6.42. The summed E-state index contributed by atoms with van der Waals surface area (Å²) in [5.74, 6) is 0.118. The van der Waals surface area contributed by atoms with Gasteiger partial charge in [-0.1, -0.05) is 35.8 Å². The zero-order valence-electron chi connectivity index (χ0n) is 22.5. The van der Waals surface area contributed by atoms with Gasteiger partial charge in [0.15, 0.2) is 0 Å². The molecule has 3 aliphatic heterocycles. The molecule has 1 saturated heterocycles. The van der Waals surface area contributed by atoms with Gasteiger partial charge in [0.1, 0.15) is 17.7 Å². The second kappa shape index (κ2) is 11.1. The number of nitrogens with zero attached hydrogens (tertiary/aromatic N) is 4. The second-order valence-electron chi connectivity index (χ2n) is 10.1. The molecule has 2 amide bonds. The van der Waals surface area contributed by atoms with Crippen LogP contribution < -0.4 is 10.2 Å². The van der Waals surface area contributed by atoms with E-state index in [1.807, 2.05) is 6.92 Å². The van der Waals surface area contributed by atoms with Crippen molar-refractivity contribution in [1.29, 1.82) is 0 Å². The van der Waals surface area contributed by atoms with Gasteiger partial charge >= 0.3 is 6.09 Å². The van der Waals surface area contributed by atoms with Crippen molar-refractivity contribution in [3.8, 4) is 0 Å². The molecule has 40 heavy (non-hydrogen) atoms. The Balaban J connectivity index is 1.49. The van der Waals surface area contributed by atoms with Gasteiger partial charge in [-0.2, -0.15) is 5.01 Å². The zero-order valence-corrected chi connectivity index (χ0v) is 24.0. The zero-order chi connectivity index (χ0) is 28.7. The quantitative estimate of drug-likeness (QED) is 0.486. The number of rotatable bonds is 4. The highest BCUT2D eigenvalue weighted by atomic mass is 35.5. The number of amides is 2. The van der Waals surface area contributed by atoms with Crippen LogP contribution in [0.4, 0.5) is 14.9 Å². The number of anilines is 1. The van der Waals surface area contributed by atoms with Crippen molar-refractivity contribution in [1.82, 2.24) is 20.2 Å². The van der Waals surface area contributed by atoms with Crippen LogP contribution in [0.2, 0.25) is 10.0 Å². The highest BCUT2D eigenvalue weighted by Gasteiger charge is 2.46. The summed E-state index contributed by atoms with van der Waals surface area (Å²) in [5.41, 5.74) is 3.08. The molecule has 11 heteroatoms. The van der Waals surface area contributed by atoms with Crippen molar-refractivity contribution in [2.24, 2.45) is 0 Å². The number of ether oxygens (including phenoxy) is 1. The molecule has 1 N–H and O–H groups in total. The van der Waals surface area contributed by atoms with Crippen molar-refractivity contribution in [3.05, 3.63) is 99.3 Å². The molecule has 0 radical (unpaired) electrons. The smallest absolute Gasteiger partial charge is 0.433 e. The predicted octanol–water partition coefficient (Wildman–Crippen LogP) is 5.83. The van der Waals surface area contributed by atoms with Crippen LogP contribution in [0.3, 0.4) is 0 Å². The Morgan fingerprint density at radius 1 is 1.05 bits per heavy atom. The van der Waals surface area contributed by atoms with Crippen LogP contribution >= 0.6 is 23.2 Å². The van der Waals surface area contributed by atoms with E-state index >= 15 is 0 Å². The number of hydrazine groups is 1. The molecule has 2 aromatic rings. The summed E-state index contributed by atoms with van der Waals surface area (Å²) < 4.78 is 18.9. The van der Waals surface area contributed by atoms with Crippen molar-refractivity contribution < 1.29 is 18.7 Å². The number of hydrogen-bond acceptors (Lipinski definition) is 6. The minimum atomic E-state index is -0.719. The van der Waals surface area contributed by atoms with Gasteiger partial charge in [-0.25, -0.2) is 14.2 Å². The van der Waals surface area contributed by atoms with Crippen molar-refractivity contribution in [2.75, 3.05) is 31.1 Å². The molecular formula is C29H30Cl2FN5O3. The topological polar surface area (TPSA) is 68.4 Å². The van der Waals surface area contributed by atoms with Crippen LogP contribution in [0, 0.1) is 5.82 Å². The van der Waals surface area contributed by atoms with Gasteiger partial charge in [0, 0.05) is 43.6 Å². The fourth-order valence-electron chi connectivity index (χ4n) is 5.18. The number of nitrogens with one attached hydrogen (secondary N) is 1. The molecule has 3 aliphatic rings. The van der Waals surface area contributed by atoms with E-state index in [0.717, 1.165) is 5.69 Å². The molecule has 1 fully saturated rings. The van der Waals surface area contributed by atoms with Crippen molar-refractivity contribution in [2.45, 2.75) is 32.9 Å². The maximum atomic E-state index is 14.2. The predicted molar refractivity (Wildman–Crippen MR) is 153 cm³/mol. The normalized spacial score (nSPS) is 19.1. The molecule has 1 unspecified atom stereocenters. The van der Waals surface area contributed by atoms with Crippen molar-refractivity contribution >= 4 is 40.9 Å². The molecule has 210 valence electrons. The van der Waals surface area contributed by atoms with Gasteiger partial charge in [0.2, 0.25) is 0 Å². The van der Waals surface area contributed by atoms with E-state index in [2.05, 4.69) is 16.8 Å². The molecule has 0 bridgehead atoms. The molecule has 0 saturated carbocycles. The molecule has 0 spiro atoms. The average Bonchev–Trinajstić information content (AvgIpc) is 3.24. The first kappa shape index (κ1) is 27.9. The number of benzene rings is 2. The molecule has 3 heterocycles. The number of halogens is 3. The summed E-state index contributed by atoms with van der Waals surface area (Å²) in [5, 5.41) is 7.01. The number of piperazine rings is 1. The largest absolute Gasteiger partial charge is 0.445 e. The highest BCUT2D eigenvalue weighted by Crippen LogP contribution is 2.44. The van der Waals surface area contributed by atoms with E-state index in [0.29, 0.717) is 64.6 Å². The molecule has 1 atom stereocenters. The van der Waals surface area contributed by atoms with Gasteiger partial charge < -0.3 is 19.9 Å². The van der Waals surface area contributed by atoms with E-state index in [-0.39, 0.29) is 17.8 Å². The second-order valence-corrected chi connectivity index (χ2v) is 10.9. The monoisotopic (exact) mass is 585 g/mol. The lowest BCUT2D eigenvalue weighted by Gasteiger charge is -2.44. The molecule has 8 nitrogen and oxygen atoms in total. The summed E-state index contributed by atoms with van der Waals surface area (Å²) in [6.07, 6.45) is 0.761. The summed E-state index contributed by atoms with van der Waals surface area (Å²) >= 11 is 12.7. The first-order chi connectivity index (χ1) is 19.0. The fourth-order valence-corrected chi connectivity index (χ4v) is 5.49. The first-order valence-electron chi connectivity index (χ1n) is 13.0. The summed E-state index contributed by atoms with van der Waals surface area (Å²) in [6.45, 7) is 11.5. The molecule has 2 aromatic carbocycles. The van der Waals surface area contributed by atoms with Gasteiger partial charge in [0.05, 0.1) is 27.4 Å². The van der Waals surface area contributed by atoms with Crippen LogP contribution in [-0.4, -0.2) is 59.2 Å². The van der Waals surface area contributed by atoms with Crippen LogP contribution in [-0.2, 0) is 9.53 Å². The van der Waals surface area contributed by atoms with Gasteiger partial charge in [-0.05, 0) is 62.7 Å². The van der Waals surface area contributed by atoms with Crippen LogP contribution in [0.15, 0.2) is 77.9 Å². The minimum absolute atomic E-state index is 0.173. The number of carbonyl (C=O) groups is 2. The van der Waals surface area contributed by atoms with Crippen molar-refractivity contribution in [3.63, 3.8) is 0 Å². The lowest BCUT2D eigenvalue weighted by atomic mass is 9.93. The third-order valence-corrected chi connectivity index (χ3v) is 7.77. The van der Waals surface area contributed by atoms with E-state index in [1.165, 1.54) is 17.1 Å². The van der Waals surface area contributed by atoms with E-state index in [1.54, 1.807) is 60.2 Å². The Labute approximate surface area is 242 Å². The Morgan fingerprint density at radius 3 is 2.35 bits per heavy atom.